The van der Waals surface area contributed by atoms with Crippen molar-refractivity contribution < 1.29 is 1.37 Å². The first-order chi connectivity index (χ1) is 5.36. The second-order valence-electron chi connectivity index (χ2n) is 2.77. The van der Waals surface area contributed by atoms with E-state index >= 15 is 0 Å². The monoisotopic (exact) mass is 138 g/mol. The van der Waals surface area contributed by atoms with Crippen molar-refractivity contribution in [1.82, 2.24) is 15.0 Å². The molecule has 0 aliphatic heterocycles. The molecule has 3 nitrogen and oxygen atoms in total. The van der Waals surface area contributed by atoms with Crippen LogP contribution in [0.1, 0.15) is 33.1 Å². The van der Waals surface area contributed by atoms with Crippen molar-refractivity contribution in [3.63, 3.8) is 0 Å². The highest BCUT2D eigenvalue weighted by molar-refractivity contribution is 4.76. The van der Waals surface area contributed by atoms with Gasteiger partial charge in [0.15, 0.2) is 0 Å². The SMILES string of the molecule is [2H]c1cn(C2CCCC2)nn1. The Morgan fingerprint density at radius 2 is 2.30 bits per heavy atom. The molecular formula is C7H11N3. The zero-order chi connectivity index (χ0) is 7.68. The van der Waals surface area contributed by atoms with Gasteiger partial charge in [-0.3, -0.25) is 0 Å². The highest BCUT2D eigenvalue weighted by Gasteiger charge is 2.16. The number of hydrogen-bond acceptors (Lipinski definition) is 2. The van der Waals surface area contributed by atoms with Crippen LogP contribution in [0.25, 0.3) is 0 Å². The van der Waals surface area contributed by atoms with Gasteiger partial charge in [0.1, 0.15) is 0 Å². The van der Waals surface area contributed by atoms with Gasteiger partial charge in [0.05, 0.1) is 13.6 Å². The van der Waals surface area contributed by atoms with E-state index in [0.717, 1.165) is 0 Å². The summed E-state index contributed by atoms with van der Waals surface area (Å²) >= 11 is 0. The summed E-state index contributed by atoms with van der Waals surface area (Å²) in [6, 6.07) is 0.515. The molecule has 10 heavy (non-hydrogen) atoms. The highest BCUT2D eigenvalue weighted by atomic mass is 15.4. The number of aromatic nitrogens is 3. The van der Waals surface area contributed by atoms with Gasteiger partial charge in [-0.2, -0.15) is 0 Å². The normalized spacial score (nSPS) is 21.4. The van der Waals surface area contributed by atoms with Gasteiger partial charge in [-0.15, -0.1) is 5.10 Å². The molecule has 1 aliphatic carbocycles. The van der Waals surface area contributed by atoms with Crippen LogP contribution in [0.15, 0.2) is 12.4 Å². The van der Waals surface area contributed by atoms with Gasteiger partial charge in [-0.1, -0.05) is 18.1 Å². The second kappa shape index (κ2) is 2.40. The second-order valence-corrected chi connectivity index (χ2v) is 2.77. The molecule has 0 saturated heterocycles. The lowest BCUT2D eigenvalue weighted by molar-refractivity contribution is 0.454. The lowest BCUT2D eigenvalue weighted by atomic mass is 10.3. The third kappa shape index (κ3) is 0.916. The van der Waals surface area contributed by atoms with Gasteiger partial charge >= 0.3 is 0 Å². The summed E-state index contributed by atoms with van der Waals surface area (Å²) in [5.41, 5.74) is 0. The van der Waals surface area contributed by atoms with Crippen LogP contribution in [0.3, 0.4) is 0 Å². The molecule has 2 rings (SSSR count). The molecule has 0 aromatic carbocycles. The van der Waals surface area contributed by atoms with E-state index in [9.17, 15) is 0 Å². The molecule has 0 bridgehead atoms. The predicted molar refractivity (Wildman–Crippen MR) is 37.5 cm³/mol. The maximum absolute atomic E-state index is 7.19. The molecule has 0 spiro atoms. The van der Waals surface area contributed by atoms with Crippen LogP contribution in [-0.2, 0) is 0 Å². The lowest BCUT2D eigenvalue weighted by Gasteiger charge is -2.06. The van der Waals surface area contributed by atoms with Crippen LogP contribution in [-0.4, -0.2) is 15.0 Å². The quantitative estimate of drug-likeness (QED) is 0.587. The summed E-state index contributed by atoms with van der Waals surface area (Å²) in [6.07, 6.45) is 6.95. The fraction of sp³-hybridized carbons (Fsp3) is 0.714. The number of hydrogen-bond donors (Lipinski definition) is 0. The Balaban J connectivity index is 2.15. The number of rotatable bonds is 1. The van der Waals surface area contributed by atoms with Gasteiger partial charge < -0.3 is 0 Å². The topological polar surface area (TPSA) is 30.7 Å². The van der Waals surface area contributed by atoms with E-state index in [1.165, 1.54) is 25.7 Å². The minimum absolute atomic E-state index is 0.275. The smallest absolute Gasteiger partial charge is 0.0877 e. The van der Waals surface area contributed by atoms with Crippen molar-refractivity contribution in [2.45, 2.75) is 31.7 Å². The first-order valence-electron chi connectivity index (χ1n) is 4.25. The first-order valence-corrected chi connectivity index (χ1v) is 3.75. The van der Waals surface area contributed by atoms with Crippen LogP contribution in [0.5, 0.6) is 0 Å². The minimum Gasteiger partial charge on any atom is -0.250 e. The molecule has 3 heteroatoms. The van der Waals surface area contributed by atoms with E-state index in [2.05, 4.69) is 10.3 Å². The Morgan fingerprint density at radius 3 is 2.90 bits per heavy atom. The van der Waals surface area contributed by atoms with Crippen molar-refractivity contribution in [1.29, 1.82) is 0 Å². The third-order valence-corrected chi connectivity index (χ3v) is 2.09. The van der Waals surface area contributed by atoms with Crippen LogP contribution in [0, 0.1) is 0 Å². The molecule has 0 N–H and O–H groups in total. The molecule has 1 aliphatic rings. The summed E-state index contributed by atoms with van der Waals surface area (Å²) in [5, 5.41) is 7.52. The Hall–Kier alpha value is -0.860. The van der Waals surface area contributed by atoms with Gasteiger partial charge in [-0.25, -0.2) is 4.68 Å². The predicted octanol–water partition coefficient (Wildman–Crippen LogP) is 1.39. The fourth-order valence-corrected chi connectivity index (χ4v) is 1.54. The van der Waals surface area contributed by atoms with E-state index in [1.54, 1.807) is 6.20 Å². The molecule has 1 aromatic heterocycles. The molecule has 1 aromatic rings. The van der Waals surface area contributed by atoms with Crippen molar-refractivity contribution in [3.8, 4) is 0 Å². The zero-order valence-electron chi connectivity index (χ0n) is 6.82. The molecular weight excluding hydrogens is 126 g/mol. The standard InChI is InChI=1S/C7H11N3/c1-2-4-7(3-1)10-6-5-8-9-10/h5-7H,1-4H2/i5D. The van der Waals surface area contributed by atoms with E-state index in [1.807, 2.05) is 4.68 Å². The van der Waals surface area contributed by atoms with Crippen molar-refractivity contribution in [2.75, 3.05) is 0 Å². The summed E-state index contributed by atoms with van der Waals surface area (Å²) in [5.74, 6) is 0. The maximum Gasteiger partial charge on any atom is 0.0877 e. The summed E-state index contributed by atoms with van der Waals surface area (Å²) in [4.78, 5) is 0. The van der Waals surface area contributed by atoms with Gasteiger partial charge in [-0.05, 0) is 12.8 Å². The van der Waals surface area contributed by atoms with Crippen molar-refractivity contribution in [3.05, 3.63) is 12.4 Å². The molecule has 0 atom stereocenters. The summed E-state index contributed by atoms with van der Waals surface area (Å²) in [7, 11) is 0. The molecule has 0 unspecified atom stereocenters. The lowest BCUT2D eigenvalue weighted by Crippen LogP contribution is -2.04. The van der Waals surface area contributed by atoms with Gasteiger partial charge in [0.2, 0.25) is 0 Å². The summed E-state index contributed by atoms with van der Waals surface area (Å²) < 4.78 is 9.01. The first kappa shape index (κ1) is 4.88. The number of nitrogens with zero attached hydrogens (tertiary/aromatic N) is 3. The van der Waals surface area contributed by atoms with Crippen LogP contribution in [0.4, 0.5) is 0 Å². The van der Waals surface area contributed by atoms with Crippen LogP contribution < -0.4 is 0 Å². The van der Waals surface area contributed by atoms with Gasteiger partial charge in [0, 0.05) is 6.20 Å². The maximum atomic E-state index is 7.19. The average molecular weight is 138 g/mol. The molecule has 1 saturated carbocycles. The minimum atomic E-state index is 0.275. The Kier molecular flexibility index (Phi) is 1.17. The Morgan fingerprint density at radius 1 is 1.50 bits per heavy atom. The molecule has 1 fully saturated rings. The Bertz CT molecular complexity index is 240. The molecule has 0 amide bonds. The van der Waals surface area contributed by atoms with E-state index in [0.29, 0.717) is 6.04 Å². The van der Waals surface area contributed by atoms with Crippen LogP contribution in [0.2, 0.25) is 0 Å². The van der Waals surface area contributed by atoms with Gasteiger partial charge in [0.25, 0.3) is 0 Å². The average Bonchev–Trinajstić information content (AvgIpc) is 2.55. The fourth-order valence-electron chi connectivity index (χ4n) is 1.54. The Labute approximate surface area is 61.5 Å². The third-order valence-electron chi connectivity index (χ3n) is 2.09. The van der Waals surface area contributed by atoms with Crippen LogP contribution >= 0.6 is 0 Å². The van der Waals surface area contributed by atoms with Crippen molar-refractivity contribution >= 4 is 0 Å². The van der Waals surface area contributed by atoms with E-state index < -0.39 is 0 Å². The molecule has 54 valence electrons. The molecule has 0 radical (unpaired) electrons. The molecule has 1 heterocycles. The highest BCUT2D eigenvalue weighted by Crippen LogP contribution is 2.27. The van der Waals surface area contributed by atoms with E-state index in [-0.39, 0.29) is 6.17 Å². The largest absolute Gasteiger partial charge is 0.250 e. The van der Waals surface area contributed by atoms with E-state index in [4.69, 9.17) is 1.37 Å². The van der Waals surface area contributed by atoms with Crippen molar-refractivity contribution in [2.24, 2.45) is 0 Å². The summed E-state index contributed by atoms with van der Waals surface area (Å²) in [6.45, 7) is 0. The zero-order valence-corrected chi connectivity index (χ0v) is 5.82.